The minimum atomic E-state index is -0.459. The van der Waals surface area contributed by atoms with Crippen molar-refractivity contribution in [1.82, 2.24) is 4.57 Å². The molecule has 0 unspecified atom stereocenters. The molecule has 0 aliphatic rings. The van der Waals surface area contributed by atoms with Crippen LogP contribution in [0.1, 0.15) is 10.4 Å². The highest BCUT2D eigenvalue weighted by Crippen LogP contribution is 2.30. The molecule has 0 saturated carbocycles. The van der Waals surface area contributed by atoms with Gasteiger partial charge < -0.3 is 20.8 Å². The topological polar surface area (TPSA) is 95.6 Å². The Hall–Kier alpha value is -3.80. The Morgan fingerprint density at radius 2 is 1.61 bits per heavy atom. The third-order valence-electron chi connectivity index (χ3n) is 4.58. The summed E-state index contributed by atoms with van der Waals surface area (Å²) in [6, 6.07) is 23.3. The lowest BCUT2D eigenvalue weighted by atomic mass is 10.1. The van der Waals surface area contributed by atoms with Gasteiger partial charge in [0.25, 0.3) is 5.91 Å². The molecule has 0 saturated heterocycles. The molecule has 0 aliphatic heterocycles. The number of carbonyl (C=O) groups is 1. The molecule has 0 fully saturated rings. The van der Waals surface area contributed by atoms with E-state index in [0.29, 0.717) is 18.7 Å². The fraction of sp³-hybridized carbons (Fsp3) is 0.0909. The minimum absolute atomic E-state index is 0.248. The van der Waals surface area contributed by atoms with E-state index < -0.39 is 5.91 Å². The molecule has 0 bridgehead atoms. The number of aliphatic imine (C=N–C) groups is 1. The second-order valence-corrected chi connectivity index (χ2v) is 6.40. The van der Waals surface area contributed by atoms with Gasteiger partial charge in [0.2, 0.25) is 0 Å². The van der Waals surface area contributed by atoms with Crippen LogP contribution in [0.5, 0.6) is 5.75 Å². The van der Waals surface area contributed by atoms with Crippen molar-refractivity contribution in [1.29, 1.82) is 0 Å². The molecular formula is C22H20N4O2. The molecule has 1 amide bonds. The van der Waals surface area contributed by atoms with Crippen LogP contribution < -0.4 is 16.2 Å². The Kier molecular flexibility index (Phi) is 4.68. The molecule has 140 valence electrons. The minimum Gasteiger partial charge on any atom is -0.492 e. The first kappa shape index (κ1) is 17.6. The average Bonchev–Trinajstić information content (AvgIpc) is 3.02. The monoisotopic (exact) mass is 372 g/mol. The second-order valence-electron chi connectivity index (χ2n) is 6.40. The van der Waals surface area contributed by atoms with Gasteiger partial charge in [0, 0.05) is 21.9 Å². The molecule has 1 aromatic heterocycles. The fourth-order valence-corrected chi connectivity index (χ4v) is 3.38. The Morgan fingerprint density at radius 1 is 0.893 bits per heavy atom. The van der Waals surface area contributed by atoms with Gasteiger partial charge >= 0.3 is 0 Å². The SMILES string of the molecule is NC(N)=NC(=O)c1ccc2c3ccccc3n(CCOc3ccccc3)c2c1. The number of nitrogens with two attached hydrogens (primary N) is 2. The molecule has 0 aliphatic carbocycles. The van der Waals surface area contributed by atoms with E-state index in [-0.39, 0.29) is 5.96 Å². The van der Waals surface area contributed by atoms with Gasteiger partial charge in [-0.15, -0.1) is 0 Å². The van der Waals surface area contributed by atoms with Crippen LogP contribution in [0.2, 0.25) is 0 Å². The van der Waals surface area contributed by atoms with Crippen molar-refractivity contribution in [3.63, 3.8) is 0 Å². The summed E-state index contributed by atoms with van der Waals surface area (Å²) in [6.07, 6.45) is 0. The van der Waals surface area contributed by atoms with Crippen LogP contribution in [-0.4, -0.2) is 23.0 Å². The number of benzene rings is 3. The molecule has 0 spiro atoms. The van der Waals surface area contributed by atoms with Crippen molar-refractivity contribution >= 4 is 33.7 Å². The van der Waals surface area contributed by atoms with Gasteiger partial charge in [0.05, 0.1) is 12.1 Å². The van der Waals surface area contributed by atoms with Gasteiger partial charge in [0.15, 0.2) is 5.96 Å². The van der Waals surface area contributed by atoms with Crippen molar-refractivity contribution < 1.29 is 9.53 Å². The van der Waals surface area contributed by atoms with Gasteiger partial charge in [-0.05, 0) is 30.3 Å². The molecule has 28 heavy (non-hydrogen) atoms. The zero-order valence-corrected chi connectivity index (χ0v) is 15.2. The van der Waals surface area contributed by atoms with E-state index in [0.717, 1.165) is 27.6 Å². The van der Waals surface area contributed by atoms with E-state index in [4.69, 9.17) is 16.2 Å². The number of hydrogen-bond acceptors (Lipinski definition) is 2. The standard InChI is InChI=1S/C22H20N4O2/c23-22(24)25-21(27)15-10-11-18-17-8-4-5-9-19(17)26(20(18)14-15)12-13-28-16-6-2-1-3-7-16/h1-11,14H,12-13H2,(H4,23,24,25,27). The Balaban J connectivity index is 1.73. The molecule has 4 rings (SSSR count). The summed E-state index contributed by atoms with van der Waals surface area (Å²) in [5.74, 6) is 0.119. The smallest absolute Gasteiger partial charge is 0.280 e. The maximum Gasteiger partial charge on any atom is 0.280 e. The number of aromatic nitrogens is 1. The second kappa shape index (κ2) is 7.44. The van der Waals surface area contributed by atoms with Gasteiger partial charge in [0.1, 0.15) is 12.4 Å². The number of guanidine groups is 1. The normalized spacial score (nSPS) is 10.9. The fourth-order valence-electron chi connectivity index (χ4n) is 3.38. The zero-order valence-electron chi connectivity index (χ0n) is 15.2. The molecule has 4 N–H and O–H groups in total. The molecule has 6 nitrogen and oxygen atoms in total. The number of carbonyl (C=O) groups excluding carboxylic acids is 1. The number of fused-ring (bicyclic) bond motifs is 3. The molecule has 1 heterocycles. The summed E-state index contributed by atoms with van der Waals surface area (Å²) in [4.78, 5) is 15.9. The summed E-state index contributed by atoms with van der Waals surface area (Å²) in [5, 5.41) is 2.19. The van der Waals surface area contributed by atoms with Gasteiger partial charge in [-0.1, -0.05) is 42.5 Å². The van der Waals surface area contributed by atoms with Gasteiger partial charge in [-0.25, -0.2) is 0 Å². The first-order valence-corrected chi connectivity index (χ1v) is 8.96. The number of nitrogens with zero attached hydrogens (tertiary/aromatic N) is 2. The number of para-hydroxylation sites is 2. The Bertz CT molecular complexity index is 1180. The predicted octanol–water partition coefficient (Wildman–Crippen LogP) is 3.29. The maximum atomic E-state index is 12.2. The summed E-state index contributed by atoms with van der Waals surface area (Å²) >= 11 is 0. The third-order valence-corrected chi connectivity index (χ3v) is 4.58. The number of amides is 1. The predicted molar refractivity (Wildman–Crippen MR) is 112 cm³/mol. The highest BCUT2D eigenvalue weighted by atomic mass is 16.5. The van der Waals surface area contributed by atoms with Gasteiger partial charge in [-0.3, -0.25) is 4.79 Å². The lowest BCUT2D eigenvalue weighted by Gasteiger charge is -2.10. The highest BCUT2D eigenvalue weighted by molar-refractivity contribution is 6.11. The van der Waals surface area contributed by atoms with Crippen LogP contribution in [0, 0.1) is 0 Å². The Labute approximate surface area is 162 Å². The van der Waals surface area contributed by atoms with Crippen molar-refractivity contribution in [2.75, 3.05) is 6.61 Å². The van der Waals surface area contributed by atoms with Crippen LogP contribution in [0.15, 0.2) is 77.8 Å². The summed E-state index contributed by atoms with van der Waals surface area (Å²) in [7, 11) is 0. The number of rotatable bonds is 5. The van der Waals surface area contributed by atoms with E-state index in [1.807, 2.05) is 54.6 Å². The van der Waals surface area contributed by atoms with E-state index in [1.54, 1.807) is 6.07 Å². The van der Waals surface area contributed by atoms with E-state index >= 15 is 0 Å². The van der Waals surface area contributed by atoms with Crippen molar-refractivity contribution in [3.8, 4) is 5.75 Å². The summed E-state index contributed by atoms with van der Waals surface area (Å²) in [6.45, 7) is 1.14. The van der Waals surface area contributed by atoms with Crippen LogP contribution in [0.25, 0.3) is 21.8 Å². The van der Waals surface area contributed by atoms with Crippen molar-refractivity contribution in [2.24, 2.45) is 16.5 Å². The largest absolute Gasteiger partial charge is 0.492 e. The lowest BCUT2D eigenvalue weighted by Crippen LogP contribution is -2.24. The summed E-state index contributed by atoms with van der Waals surface area (Å²) in [5.41, 5.74) is 13.1. The number of hydrogen-bond donors (Lipinski definition) is 2. The first-order valence-electron chi connectivity index (χ1n) is 8.96. The zero-order chi connectivity index (χ0) is 19.5. The molecule has 3 aromatic carbocycles. The van der Waals surface area contributed by atoms with Crippen molar-refractivity contribution in [2.45, 2.75) is 6.54 Å². The summed E-state index contributed by atoms with van der Waals surface area (Å²) < 4.78 is 8.02. The molecule has 0 radical (unpaired) electrons. The maximum absolute atomic E-state index is 12.2. The van der Waals surface area contributed by atoms with Crippen molar-refractivity contribution in [3.05, 3.63) is 78.4 Å². The lowest BCUT2D eigenvalue weighted by molar-refractivity contribution is 0.100. The van der Waals surface area contributed by atoms with Crippen LogP contribution in [0.3, 0.4) is 0 Å². The Morgan fingerprint density at radius 3 is 2.39 bits per heavy atom. The number of ether oxygens (including phenoxy) is 1. The van der Waals surface area contributed by atoms with Crippen LogP contribution in [-0.2, 0) is 6.54 Å². The molecular weight excluding hydrogens is 352 g/mol. The van der Waals surface area contributed by atoms with Gasteiger partial charge in [-0.2, -0.15) is 4.99 Å². The molecule has 0 atom stereocenters. The van der Waals surface area contributed by atoms with Crippen LogP contribution >= 0.6 is 0 Å². The quantitative estimate of drug-likeness (QED) is 0.415. The first-order chi connectivity index (χ1) is 13.6. The van der Waals surface area contributed by atoms with E-state index in [2.05, 4.69) is 21.7 Å². The average molecular weight is 372 g/mol. The third kappa shape index (κ3) is 3.40. The molecule has 6 heteroatoms. The van der Waals surface area contributed by atoms with Crippen LogP contribution in [0.4, 0.5) is 0 Å². The highest BCUT2D eigenvalue weighted by Gasteiger charge is 2.13. The molecule has 4 aromatic rings. The van der Waals surface area contributed by atoms with E-state index in [1.165, 1.54) is 0 Å². The van der Waals surface area contributed by atoms with E-state index in [9.17, 15) is 4.79 Å².